The summed E-state index contributed by atoms with van der Waals surface area (Å²) in [5.74, 6) is 3.60. The molecule has 0 saturated carbocycles. The van der Waals surface area contributed by atoms with E-state index < -0.39 is 0 Å². The molecule has 0 N–H and O–H groups in total. The summed E-state index contributed by atoms with van der Waals surface area (Å²) in [6, 6.07) is 57.6. The normalized spacial score (nSPS) is 20.9. The molecule has 0 aromatic heterocycles. The monoisotopic (exact) mass is 1120 g/mol. The van der Waals surface area contributed by atoms with Gasteiger partial charge in [-0.05, 0) is 237 Å². The summed E-state index contributed by atoms with van der Waals surface area (Å²) >= 11 is 0. The van der Waals surface area contributed by atoms with Gasteiger partial charge in [0.1, 0.15) is 0 Å². The quantitative estimate of drug-likeness (QED) is 0.0998. The first-order chi connectivity index (χ1) is 42.7. The van der Waals surface area contributed by atoms with Crippen LogP contribution in [0.1, 0.15) is 125 Å². The van der Waals surface area contributed by atoms with Crippen molar-refractivity contribution in [2.24, 2.45) is 11.3 Å². The smallest absolute Gasteiger partial charge is 0.0145 e. The molecular formula is C87H74. The van der Waals surface area contributed by atoms with Crippen molar-refractivity contribution in [2.45, 2.75) is 97.3 Å². The van der Waals surface area contributed by atoms with E-state index in [1.807, 2.05) is 6.08 Å². The van der Waals surface area contributed by atoms with Gasteiger partial charge in [0.25, 0.3) is 0 Å². The van der Waals surface area contributed by atoms with Gasteiger partial charge in [0.15, 0.2) is 0 Å². The number of fused-ring (bicyclic) bond motifs is 10. The molecule has 7 aromatic rings. The molecule has 15 rings (SSSR count). The van der Waals surface area contributed by atoms with Crippen molar-refractivity contribution in [3.05, 3.63) is 337 Å². The van der Waals surface area contributed by atoms with E-state index in [4.69, 9.17) is 6.42 Å². The van der Waals surface area contributed by atoms with Crippen LogP contribution in [-0.2, 0) is 0 Å². The molecule has 422 valence electrons. The minimum Gasteiger partial charge on any atom is -0.115 e. The highest BCUT2D eigenvalue weighted by molar-refractivity contribution is 6.00. The standard InChI is InChI=1S/C87H74/c1-6-26-63(87(3,4)5)51-56(2)84-82(74-41-17-14-35-68(74)66-47-24-29-57-27-7-9-33-64(57)66)54-62(55-83(84)75-42-18-15-36-69(75)67-48-25-30-58-28-8-10-34-65(58)67)59-31-23-32-60(52-59)85-77-43-19-21-45-79(77)86(80-46-22-20-44-78(80)85)61-49-50-76-72-39-12-11-37-70(72)71-38-13-16-40-73(71)81(76)53-61/h1,7-14,16-19,21-22,24-30,32-35,37-38,40-42,45-53,55,72,77,82H,15,20,23,31,36,39,43-44,54H2,2-5H3. The van der Waals surface area contributed by atoms with Crippen molar-refractivity contribution >= 4 is 38.3 Å². The van der Waals surface area contributed by atoms with Crippen molar-refractivity contribution in [3.8, 4) is 34.6 Å². The Hall–Kier alpha value is -9.28. The summed E-state index contributed by atoms with van der Waals surface area (Å²) in [6.45, 7) is 9.23. The first kappa shape index (κ1) is 54.4. The lowest BCUT2D eigenvalue weighted by atomic mass is 9.65. The highest BCUT2D eigenvalue weighted by atomic mass is 14.4. The van der Waals surface area contributed by atoms with Crippen LogP contribution >= 0.6 is 0 Å². The maximum absolute atomic E-state index is 6.20. The Kier molecular flexibility index (Phi) is 14.1. The van der Waals surface area contributed by atoms with Gasteiger partial charge in [0.2, 0.25) is 0 Å². The minimum absolute atomic E-state index is 0.0152. The molecule has 0 nitrogen and oxygen atoms in total. The molecule has 8 aliphatic rings. The van der Waals surface area contributed by atoms with Crippen LogP contribution in [0.5, 0.6) is 0 Å². The van der Waals surface area contributed by atoms with Gasteiger partial charge in [-0.15, -0.1) is 6.42 Å². The Labute approximate surface area is 516 Å². The summed E-state index contributed by atoms with van der Waals surface area (Å²) in [6.07, 6.45) is 51.5. The van der Waals surface area contributed by atoms with Crippen LogP contribution in [0.15, 0.2) is 310 Å². The Morgan fingerprint density at radius 1 is 0.529 bits per heavy atom. The molecule has 0 amide bonds. The van der Waals surface area contributed by atoms with Crippen molar-refractivity contribution in [3.63, 3.8) is 0 Å². The Balaban J connectivity index is 0.940. The number of hydrogen-bond acceptors (Lipinski definition) is 0. The van der Waals surface area contributed by atoms with E-state index in [-0.39, 0.29) is 17.3 Å². The van der Waals surface area contributed by atoms with E-state index in [2.05, 4.69) is 270 Å². The second kappa shape index (κ2) is 22.5. The summed E-state index contributed by atoms with van der Waals surface area (Å²) < 4.78 is 0. The van der Waals surface area contributed by atoms with E-state index in [1.165, 1.54) is 150 Å². The van der Waals surface area contributed by atoms with E-state index in [0.29, 0.717) is 5.92 Å². The molecule has 0 saturated heterocycles. The molecule has 8 aliphatic carbocycles. The number of allylic oxidation sites excluding steroid dienone is 30. The molecule has 0 bridgehead atoms. The van der Waals surface area contributed by atoms with Crippen LogP contribution < -0.4 is 0 Å². The second-order valence-electron chi connectivity index (χ2n) is 26.1. The van der Waals surface area contributed by atoms with Crippen molar-refractivity contribution in [2.75, 3.05) is 0 Å². The van der Waals surface area contributed by atoms with Gasteiger partial charge in [-0.1, -0.05) is 257 Å². The Morgan fingerprint density at radius 2 is 1.16 bits per heavy atom. The number of hydrogen-bond donors (Lipinski definition) is 0. The lowest BCUT2D eigenvalue weighted by Gasteiger charge is -2.39. The summed E-state index contributed by atoms with van der Waals surface area (Å²) in [5, 5.41) is 5.11. The second-order valence-corrected chi connectivity index (χ2v) is 26.1. The average molecular weight is 1120 g/mol. The van der Waals surface area contributed by atoms with Gasteiger partial charge in [0.05, 0.1) is 0 Å². The third-order valence-electron chi connectivity index (χ3n) is 20.1. The number of rotatable bonds is 9. The SMILES string of the molecule is C#CC=C(C=C(C)C1=C(C2=C(c3cccc4ccccc34)CCC=C2)C=C(C2=CC(C3=C4CCC=CC4=C(c4ccc5c(c4)-c4ccccc4C4=CC=CCC45)C4=CC=CCC43)=CCC2)CC1c1ccccc1-c1cccc2ccccc12)C(C)(C)C. The first-order valence-electron chi connectivity index (χ1n) is 32.0. The van der Waals surface area contributed by atoms with Crippen LogP contribution in [0.3, 0.4) is 0 Å². The van der Waals surface area contributed by atoms with Gasteiger partial charge in [-0.3, -0.25) is 0 Å². The molecule has 0 spiro atoms. The van der Waals surface area contributed by atoms with E-state index >= 15 is 0 Å². The highest BCUT2D eigenvalue weighted by Gasteiger charge is 2.38. The van der Waals surface area contributed by atoms with Gasteiger partial charge < -0.3 is 0 Å². The minimum atomic E-state index is -0.169. The third kappa shape index (κ3) is 9.65. The van der Waals surface area contributed by atoms with Gasteiger partial charge in [-0.2, -0.15) is 0 Å². The van der Waals surface area contributed by atoms with Crippen molar-refractivity contribution in [1.29, 1.82) is 0 Å². The third-order valence-corrected chi connectivity index (χ3v) is 20.1. The molecule has 0 aliphatic heterocycles. The molecule has 0 heteroatoms. The molecular weight excluding hydrogens is 1040 g/mol. The van der Waals surface area contributed by atoms with E-state index in [1.54, 1.807) is 0 Å². The Morgan fingerprint density at radius 3 is 1.93 bits per heavy atom. The zero-order valence-corrected chi connectivity index (χ0v) is 50.8. The summed E-state index contributed by atoms with van der Waals surface area (Å²) in [5.41, 5.74) is 32.9. The van der Waals surface area contributed by atoms with Crippen LogP contribution in [0.2, 0.25) is 0 Å². The van der Waals surface area contributed by atoms with Crippen LogP contribution in [-0.4, -0.2) is 0 Å². The van der Waals surface area contributed by atoms with Crippen LogP contribution in [0, 0.1) is 23.7 Å². The zero-order chi connectivity index (χ0) is 58.8. The van der Waals surface area contributed by atoms with Crippen molar-refractivity contribution < 1.29 is 0 Å². The first-order valence-corrected chi connectivity index (χ1v) is 32.0. The molecule has 0 heterocycles. The summed E-state index contributed by atoms with van der Waals surface area (Å²) in [7, 11) is 0. The number of benzene rings is 7. The maximum atomic E-state index is 6.20. The molecule has 0 fully saturated rings. The van der Waals surface area contributed by atoms with Crippen LogP contribution in [0.4, 0.5) is 0 Å². The largest absolute Gasteiger partial charge is 0.115 e. The fraction of sp³-hybridized carbons (Fsp3) is 0.195. The van der Waals surface area contributed by atoms with Gasteiger partial charge in [0, 0.05) is 17.8 Å². The topological polar surface area (TPSA) is 0 Å². The van der Waals surface area contributed by atoms with E-state index in [0.717, 1.165) is 63.4 Å². The van der Waals surface area contributed by atoms with Gasteiger partial charge in [-0.25, -0.2) is 0 Å². The Bertz CT molecular complexity index is 4620. The lowest BCUT2D eigenvalue weighted by molar-refractivity contribution is 0.516. The maximum Gasteiger partial charge on any atom is 0.0145 e. The summed E-state index contributed by atoms with van der Waals surface area (Å²) in [4.78, 5) is 0. The number of terminal acetylenes is 1. The van der Waals surface area contributed by atoms with Crippen LogP contribution in [0.25, 0.3) is 60.5 Å². The average Bonchev–Trinajstić information content (AvgIpc) is 1.17. The molecule has 3 unspecified atom stereocenters. The predicted molar refractivity (Wildman–Crippen MR) is 371 cm³/mol. The van der Waals surface area contributed by atoms with Gasteiger partial charge >= 0.3 is 0 Å². The molecule has 3 atom stereocenters. The molecule has 0 radical (unpaired) electrons. The van der Waals surface area contributed by atoms with E-state index in [9.17, 15) is 0 Å². The van der Waals surface area contributed by atoms with Crippen molar-refractivity contribution in [1.82, 2.24) is 0 Å². The predicted octanol–water partition coefficient (Wildman–Crippen LogP) is 23.1. The fourth-order valence-electron chi connectivity index (χ4n) is 16.1. The molecule has 87 heavy (non-hydrogen) atoms. The fourth-order valence-corrected chi connectivity index (χ4v) is 16.1. The zero-order valence-electron chi connectivity index (χ0n) is 50.8. The highest BCUT2D eigenvalue weighted by Crippen LogP contribution is 2.56. The molecule has 7 aromatic carbocycles. The lowest BCUT2D eigenvalue weighted by Crippen LogP contribution is -2.22.